The van der Waals surface area contributed by atoms with Gasteiger partial charge in [0.05, 0.1) is 0 Å². The van der Waals surface area contributed by atoms with Crippen molar-refractivity contribution in [3.63, 3.8) is 0 Å². The highest BCUT2D eigenvalue weighted by molar-refractivity contribution is 5.92. The Balaban J connectivity index is 1.70. The molecule has 5 nitrogen and oxygen atoms in total. The Morgan fingerprint density at radius 3 is 2.58 bits per heavy atom. The fourth-order valence-electron chi connectivity index (χ4n) is 4.07. The van der Waals surface area contributed by atoms with Gasteiger partial charge in [0.25, 0.3) is 0 Å². The molecule has 5 heteroatoms. The van der Waals surface area contributed by atoms with Crippen molar-refractivity contribution in [3.05, 3.63) is 35.9 Å². The molecule has 0 aromatic heterocycles. The normalized spacial score (nSPS) is 23.8. The number of hydrogen-bond acceptors (Lipinski definition) is 2. The van der Waals surface area contributed by atoms with E-state index in [9.17, 15) is 9.59 Å². The van der Waals surface area contributed by atoms with E-state index in [2.05, 4.69) is 12.2 Å². The summed E-state index contributed by atoms with van der Waals surface area (Å²) in [6, 6.07) is 9.77. The topological polar surface area (TPSA) is 52.6 Å². The second-order valence-electron chi connectivity index (χ2n) is 6.83. The maximum atomic E-state index is 13.0. The number of nitrogens with zero attached hydrogens (tertiary/aromatic N) is 2. The summed E-state index contributed by atoms with van der Waals surface area (Å²) in [7, 11) is 0. The van der Waals surface area contributed by atoms with Crippen molar-refractivity contribution in [2.24, 2.45) is 0 Å². The van der Waals surface area contributed by atoms with E-state index in [0.717, 1.165) is 50.8 Å². The van der Waals surface area contributed by atoms with Crippen LogP contribution in [-0.2, 0) is 11.3 Å². The fourth-order valence-corrected chi connectivity index (χ4v) is 4.07. The van der Waals surface area contributed by atoms with Crippen LogP contribution in [0.3, 0.4) is 0 Å². The molecule has 2 aliphatic heterocycles. The van der Waals surface area contributed by atoms with E-state index in [0.29, 0.717) is 13.1 Å². The van der Waals surface area contributed by atoms with Crippen LogP contribution < -0.4 is 5.32 Å². The van der Waals surface area contributed by atoms with Crippen LogP contribution in [0.25, 0.3) is 0 Å². The van der Waals surface area contributed by atoms with Gasteiger partial charge in [-0.25, -0.2) is 4.79 Å². The Kier molecular flexibility index (Phi) is 5.07. The third kappa shape index (κ3) is 3.12. The third-order valence-electron chi connectivity index (χ3n) is 5.22. The number of carbonyl (C=O) groups excluding carboxylic acids is 2. The van der Waals surface area contributed by atoms with Crippen LogP contribution in [0.5, 0.6) is 0 Å². The number of rotatable bonds is 4. The van der Waals surface area contributed by atoms with Crippen LogP contribution in [0.15, 0.2) is 30.3 Å². The van der Waals surface area contributed by atoms with E-state index in [4.69, 9.17) is 0 Å². The number of piperidine rings is 1. The Hall–Kier alpha value is -2.04. The molecule has 3 rings (SSSR count). The van der Waals surface area contributed by atoms with E-state index in [1.807, 2.05) is 35.2 Å². The first-order valence-electron chi connectivity index (χ1n) is 9.06. The van der Waals surface area contributed by atoms with Crippen molar-refractivity contribution in [3.8, 4) is 0 Å². The second-order valence-corrected chi connectivity index (χ2v) is 6.83. The zero-order valence-corrected chi connectivity index (χ0v) is 14.5. The molecule has 2 aliphatic rings. The van der Waals surface area contributed by atoms with Crippen LogP contribution in [0, 0.1) is 0 Å². The van der Waals surface area contributed by atoms with E-state index in [-0.39, 0.29) is 11.9 Å². The molecule has 1 unspecified atom stereocenters. The predicted molar refractivity (Wildman–Crippen MR) is 93.5 cm³/mol. The van der Waals surface area contributed by atoms with Gasteiger partial charge in [-0.05, 0) is 37.7 Å². The Bertz CT molecular complexity index is 588. The minimum atomic E-state index is -0.603. The molecule has 3 amide bonds. The lowest BCUT2D eigenvalue weighted by molar-refractivity contribution is -0.145. The quantitative estimate of drug-likeness (QED) is 0.923. The summed E-state index contributed by atoms with van der Waals surface area (Å²) >= 11 is 0. The zero-order chi connectivity index (χ0) is 17.0. The molecule has 2 heterocycles. The number of nitrogens with one attached hydrogen (secondary N) is 1. The van der Waals surface area contributed by atoms with Gasteiger partial charge in [0, 0.05) is 26.2 Å². The van der Waals surface area contributed by atoms with Gasteiger partial charge in [0.1, 0.15) is 5.54 Å². The minimum absolute atomic E-state index is 0.108. The van der Waals surface area contributed by atoms with Crippen molar-refractivity contribution in [2.75, 3.05) is 19.6 Å². The van der Waals surface area contributed by atoms with E-state index < -0.39 is 5.54 Å². The van der Waals surface area contributed by atoms with Gasteiger partial charge in [0.15, 0.2) is 0 Å². The maximum absolute atomic E-state index is 13.0. The number of hydrogen-bond donors (Lipinski definition) is 1. The Morgan fingerprint density at radius 1 is 1.17 bits per heavy atom. The molecule has 0 bridgehead atoms. The fraction of sp³-hybridized carbons (Fsp3) is 0.579. The molecule has 1 aromatic carbocycles. The molecule has 0 radical (unpaired) electrons. The number of urea groups is 1. The molecule has 2 fully saturated rings. The lowest BCUT2D eigenvalue weighted by atomic mass is 9.85. The van der Waals surface area contributed by atoms with Gasteiger partial charge in [-0.3, -0.25) is 4.79 Å². The third-order valence-corrected chi connectivity index (χ3v) is 5.22. The molecule has 1 aromatic rings. The predicted octanol–water partition coefficient (Wildman–Crippen LogP) is 2.76. The molecule has 0 saturated carbocycles. The van der Waals surface area contributed by atoms with Crippen molar-refractivity contribution in [1.29, 1.82) is 0 Å². The molecule has 130 valence electrons. The second kappa shape index (κ2) is 7.24. The first-order valence-corrected chi connectivity index (χ1v) is 9.06. The smallest absolute Gasteiger partial charge is 0.318 e. The van der Waals surface area contributed by atoms with Crippen LogP contribution in [-0.4, -0.2) is 46.9 Å². The largest absolute Gasteiger partial charge is 0.341 e. The Labute approximate surface area is 144 Å². The number of benzene rings is 1. The number of carbonyl (C=O) groups is 2. The van der Waals surface area contributed by atoms with E-state index in [1.165, 1.54) is 0 Å². The summed E-state index contributed by atoms with van der Waals surface area (Å²) in [5.41, 5.74) is 0.468. The van der Waals surface area contributed by atoms with Gasteiger partial charge >= 0.3 is 6.03 Å². The van der Waals surface area contributed by atoms with Crippen molar-refractivity contribution in [1.82, 2.24) is 15.1 Å². The molecule has 1 spiro atoms. The highest BCUT2D eigenvalue weighted by Gasteiger charge is 2.52. The lowest BCUT2D eigenvalue weighted by Gasteiger charge is -2.44. The summed E-state index contributed by atoms with van der Waals surface area (Å²) in [5.74, 6) is 0.156. The van der Waals surface area contributed by atoms with Crippen LogP contribution in [0.1, 0.15) is 44.6 Å². The molecule has 2 saturated heterocycles. The minimum Gasteiger partial charge on any atom is -0.341 e. The zero-order valence-electron chi connectivity index (χ0n) is 14.5. The molecule has 1 N–H and O–H groups in total. The average molecular weight is 329 g/mol. The van der Waals surface area contributed by atoms with Crippen molar-refractivity contribution in [2.45, 2.75) is 51.1 Å². The first-order chi connectivity index (χ1) is 11.7. The average Bonchev–Trinajstić information content (AvgIpc) is 3.03. The summed E-state index contributed by atoms with van der Waals surface area (Å²) in [4.78, 5) is 29.5. The Morgan fingerprint density at radius 2 is 1.88 bits per heavy atom. The van der Waals surface area contributed by atoms with Crippen LogP contribution in [0.4, 0.5) is 4.79 Å². The monoisotopic (exact) mass is 329 g/mol. The first kappa shape index (κ1) is 16.8. The van der Waals surface area contributed by atoms with Gasteiger partial charge in [-0.2, -0.15) is 0 Å². The number of likely N-dealkylation sites (tertiary alicyclic amines) is 2. The lowest BCUT2D eigenvalue weighted by Crippen LogP contribution is -2.62. The summed E-state index contributed by atoms with van der Waals surface area (Å²) in [6.07, 6.45) is 4.44. The highest BCUT2D eigenvalue weighted by Crippen LogP contribution is 2.38. The van der Waals surface area contributed by atoms with Gasteiger partial charge < -0.3 is 15.1 Å². The maximum Gasteiger partial charge on any atom is 0.318 e. The van der Waals surface area contributed by atoms with Gasteiger partial charge in [-0.1, -0.05) is 37.3 Å². The molecular formula is C19H27N3O2. The highest BCUT2D eigenvalue weighted by atomic mass is 16.2. The molecular weight excluding hydrogens is 302 g/mol. The van der Waals surface area contributed by atoms with Crippen molar-refractivity contribution < 1.29 is 9.59 Å². The standard InChI is InChI=1S/C19H27N3O2/c1-2-12-21-13-6-10-19(17(21)23)11-7-14-22(19)18(24)20-15-16-8-4-3-5-9-16/h3-5,8-9H,2,6-7,10-15H2,1H3,(H,20,24). The molecule has 1 atom stereocenters. The number of amides is 3. The van der Waals surface area contributed by atoms with E-state index >= 15 is 0 Å². The summed E-state index contributed by atoms with van der Waals surface area (Å²) in [6.45, 7) is 4.88. The van der Waals surface area contributed by atoms with Crippen LogP contribution in [0.2, 0.25) is 0 Å². The van der Waals surface area contributed by atoms with E-state index in [1.54, 1.807) is 4.90 Å². The van der Waals surface area contributed by atoms with Crippen molar-refractivity contribution >= 4 is 11.9 Å². The SMILES string of the molecule is CCCN1CCCC2(CCCN2C(=O)NCc2ccccc2)C1=O. The van der Waals surface area contributed by atoms with Gasteiger partial charge in [-0.15, -0.1) is 0 Å². The summed E-state index contributed by atoms with van der Waals surface area (Å²) in [5, 5.41) is 3.00. The van der Waals surface area contributed by atoms with Gasteiger partial charge in [0.2, 0.25) is 5.91 Å². The van der Waals surface area contributed by atoms with Crippen LogP contribution >= 0.6 is 0 Å². The molecule has 0 aliphatic carbocycles. The molecule has 24 heavy (non-hydrogen) atoms. The summed E-state index contributed by atoms with van der Waals surface area (Å²) < 4.78 is 0.